The molecule has 1 aliphatic rings. The van der Waals surface area contributed by atoms with Crippen molar-refractivity contribution in [3.8, 4) is 11.5 Å². The van der Waals surface area contributed by atoms with Gasteiger partial charge in [-0.3, -0.25) is 4.79 Å². The fourth-order valence-corrected chi connectivity index (χ4v) is 2.85. The molecule has 1 N–H and O–H groups in total. The molecule has 3 rings (SSSR count). The van der Waals surface area contributed by atoms with Crippen LogP contribution in [0.5, 0.6) is 11.5 Å². The van der Waals surface area contributed by atoms with Gasteiger partial charge in [-0.05, 0) is 23.6 Å². The Morgan fingerprint density at radius 1 is 1.09 bits per heavy atom. The van der Waals surface area contributed by atoms with Crippen LogP contribution < -0.4 is 14.8 Å². The number of ether oxygens (including phenoxy) is 2. The van der Waals surface area contributed by atoms with Gasteiger partial charge >= 0.3 is 0 Å². The first-order chi connectivity index (χ1) is 11.2. The summed E-state index contributed by atoms with van der Waals surface area (Å²) in [4.78, 5) is 12.5. The van der Waals surface area contributed by atoms with Crippen LogP contribution in [0.2, 0.25) is 0 Å². The SMILES string of the molecule is CC(C)C(CNC(=O)c1cccc2c1OCO2)c1ccccc1. The molecule has 0 spiro atoms. The van der Waals surface area contributed by atoms with Crippen LogP contribution in [0.25, 0.3) is 0 Å². The Hall–Kier alpha value is -2.49. The fourth-order valence-electron chi connectivity index (χ4n) is 2.85. The van der Waals surface area contributed by atoms with E-state index in [1.807, 2.05) is 18.2 Å². The fraction of sp³-hybridized carbons (Fsp3) is 0.316. The largest absolute Gasteiger partial charge is 0.454 e. The summed E-state index contributed by atoms with van der Waals surface area (Å²) in [6, 6.07) is 15.6. The van der Waals surface area contributed by atoms with Gasteiger partial charge < -0.3 is 14.8 Å². The van der Waals surface area contributed by atoms with Crippen LogP contribution in [0, 0.1) is 5.92 Å². The minimum absolute atomic E-state index is 0.131. The standard InChI is InChI=1S/C19H21NO3/c1-13(2)16(14-7-4-3-5-8-14)11-20-19(21)15-9-6-10-17-18(15)23-12-22-17/h3-10,13,16H,11-12H2,1-2H3,(H,20,21). The molecular formula is C19H21NO3. The summed E-state index contributed by atoms with van der Waals surface area (Å²) in [5.74, 6) is 1.73. The van der Waals surface area contributed by atoms with Gasteiger partial charge in [-0.25, -0.2) is 0 Å². The summed E-state index contributed by atoms with van der Waals surface area (Å²) in [6.07, 6.45) is 0. The van der Waals surface area contributed by atoms with Crippen LogP contribution in [0.4, 0.5) is 0 Å². The highest BCUT2D eigenvalue weighted by molar-refractivity contribution is 5.98. The van der Waals surface area contributed by atoms with Crippen molar-refractivity contribution < 1.29 is 14.3 Å². The number of rotatable bonds is 5. The summed E-state index contributed by atoms with van der Waals surface area (Å²) in [6.45, 7) is 5.09. The molecule has 1 atom stereocenters. The number of benzene rings is 2. The van der Waals surface area contributed by atoms with Gasteiger partial charge in [0, 0.05) is 12.5 Å². The second kappa shape index (κ2) is 6.73. The third kappa shape index (κ3) is 3.31. The number of para-hydroxylation sites is 1. The molecule has 0 aromatic heterocycles. The normalized spacial score (nSPS) is 13.9. The summed E-state index contributed by atoms with van der Waals surface area (Å²) in [5.41, 5.74) is 1.76. The van der Waals surface area contributed by atoms with Gasteiger partial charge in [0.15, 0.2) is 11.5 Å². The van der Waals surface area contributed by atoms with E-state index in [1.165, 1.54) is 5.56 Å². The van der Waals surface area contributed by atoms with E-state index in [9.17, 15) is 4.79 Å². The molecular weight excluding hydrogens is 290 g/mol. The van der Waals surface area contributed by atoms with E-state index < -0.39 is 0 Å². The summed E-state index contributed by atoms with van der Waals surface area (Å²) < 4.78 is 10.7. The molecule has 2 aromatic carbocycles. The molecule has 4 nitrogen and oxygen atoms in total. The first-order valence-corrected chi connectivity index (χ1v) is 7.88. The highest BCUT2D eigenvalue weighted by Gasteiger charge is 2.23. The van der Waals surface area contributed by atoms with Crippen molar-refractivity contribution in [2.24, 2.45) is 5.92 Å². The Kier molecular flexibility index (Phi) is 4.51. The smallest absolute Gasteiger partial charge is 0.255 e. The van der Waals surface area contributed by atoms with E-state index in [0.29, 0.717) is 29.5 Å². The molecule has 2 aromatic rings. The lowest BCUT2D eigenvalue weighted by Gasteiger charge is -2.22. The van der Waals surface area contributed by atoms with E-state index in [4.69, 9.17) is 9.47 Å². The molecule has 1 unspecified atom stereocenters. The molecule has 23 heavy (non-hydrogen) atoms. The zero-order valence-corrected chi connectivity index (χ0v) is 13.4. The Morgan fingerprint density at radius 2 is 1.87 bits per heavy atom. The number of fused-ring (bicyclic) bond motifs is 1. The molecule has 120 valence electrons. The first kappa shape index (κ1) is 15.4. The van der Waals surface area contributed by atoms with Crippen molar-refractivity contribution >= 4 is 5.91 Å². The first-order valence-electron chi connectivity index (χ1n) is 7.88. The number of carbonyl (C=O) groups is 1. The highest BCUT2D eigenvalue weighted by Crippen LogP contribution is 2.35. The maximum atomic E-state index is 12.5. The zero-order valence-electron chi connectivity index (χ0n) is 13.4. The van der Waals surface area contributed by atoms with Crippen molar-refractivity contribution in [2.45, 2.75) is 19.8 Å². The van der Waals surface area contributed by atoms with Gasteiger partial charge in [0.05, 0.1) is 5.56 Å². The highest BCUT2D eigenvalue weighted by atomic mass is 16.7. The zero-order chi connectivity index (χ0) is 16.2. The third-order valence-corrected chi connectivity index (χ3v) is 4.16. The van der Waals surface area contributed by atoms with Crippen molar-refractivity contribution in [2.75, 3.05) is 13.3 Å². The minimum atomic E-state index is -0.131. The lowest BCUT2D eigenvalue weighted by Crippen LogP contribution is -2.30. The van der Waals surface area contributed by atoms with Crippen LogP contribution in [-0.2, 0) is 0 Å². The van der Waals surface area contributed by atoms with Crippen LogP contribution in [-0.4, -0.2) is 19.2 Å². The van der Waals surface area contributed by atoms with Crippen LogP contribution in [0.3, 0.4) is 0 Å². The Balaban J connectivity index is 1.72. The average Bonchev–Trinajstić information content (AvgIpc) is 3.04. The third-order valence-electron chi connectivity index (χ3n) is 4.16. The lowest BCUT2D eigenvalue weighted by molar-refractivity contribution is 0.0944. The summed E-state index contributed by atoms with van der Waals surface area (Å²) >= 11 is 0. The number of hydrogen-bond donors (Lipinski definition) is 1. The summed E-state index contributed by atoms with van der Waals surface area (Å²) in [7, 11) is 0. The molecule has 0 fully saturated rings. The Labute approximate surface area is 136 Å². The number of hydrogen-bond acceptors (Lipinski definition) is 3. The minimum Gasteiger partial charge on any atom is -0.454 e. The molecule has 1 heterocycles. The monoisotopic (exact) mass is 311 g/mol. The van der Waals surface area contributed by atoms with Crippen molar-refractivity contribution in [3.05, 3.63) is 59.7 Å². The van der Waals surface area contributed by atoms with Gasteiger partial charge in [0.1, 0.15) is 0 Å². The van der Waals surface area contributed by atoms with Crippen LogP contribution in [0.1, 0.15) is 35.7 Å². The van der Waals surface area contributed by atoms with Gasteiger partial charge in [0.25, 0.3) is 5.91 Å². The van der Waals surface area contributed by atoms with E-state index >= 15 is 0 Å². The Morgan fingerprint density at radius 3 is 2.61 bits per heavy atom. The molecule has 0 bridgehead atoms. The number of carbonyl (C=O) groups excluding carboxylic acids is 1. The Bertz CT molecular complexity index is 682. The van der Waals surface area contributed by atoms with E-state index in [2.05, 4.69) is 31.3 Å². The molecule has 4 heteroatoms. The van der Waals surface area contributed by atoms with E-state index in [-0.39, 0.29) is 18.6 Å². The molecule has 1 amide bonds. The number of amides is 1. The number of nitrogens with one attached hydrogen (secondary N) is 1. The van der Waals surface area contributed by atoms with E-state index in [0.717, 1.165) is 0 Å². The maximum Gasteiger partial charge on any atom is 0.255 e. The quantitative estimate of drug-likeness (QED) is 0.918. The molecule has 0 radical (unpaired) electrons. The van der Waals surface area contributed by atoms with Crippen LogP contribution in [0.15, 0.2) is 48.5 Å². The second-order valence-corrected chi connectivity index (χ2v) is 6.01. The van der Waals surface area contributed by atoms with Crippen LogP contribution >= 0.6 is 0 Å². The van der Waals surface area contributed by atoms with Gasteiger partial charge in [0.2, 0.25) is 6.79 Å². The maximum absolute atomic E-state index is 12.5. The topological polar surface area (TPSA) is 47.6 Å². The van der Waals surface area contributed by atoms with Crippen molar-refractivity contribution in [1.29, 1.82) is 0 Å². The molecule has 0 saturated carbocycles. The average molecular weight is 311 g/mol. The lowest BCUT2D eigenvalue weighted by atomic mass is 9.88. The van der Waals surface area contributed by atoms with Crippen molar-refractivity contribution in [1.82, 2.24) is 5.32 Å². The molecule has 1 aliphatic heterocycles. The molecule has 0 aliphatic carbocycles. The van der Waals surface area contributed by atoms with Gasteiger partial charge in [-0.1, -0.05) is 50.2 Å². The second-order valence-electron chi connectivity index (χ2n) is 6.01. The van der Waals surface area contributed by atoms with Gasteiger partial charge in [-0.2, -0.15) is 0 Å². The summed E-state index contributed by atoms with van der Waals surface area (Å²) in [5, 5.41) is 3.03. The van der Waals surface area contributed by atoms with E-state index in [1.54, 1.807) is 18.2 Å². The predicted molar refractivity (Wildman–Crippen MR) is 88.9 cm³/mol. The predicted octanol–water partition coefficient (Wildman–Crippen LogP) is 3.58. The van der Waals surface area contributed by atoms with Crippen molar-refractivity contribution in [3.63, 3.8) is 0 Å². The molecule has 0 saturated heterocycles. The van der Waals surface area contributed by atoms with Gasteiger partial charge in [-0.15, -0.1) is 0 Å².